The van der Waals surface area contributed by atoms with E-state index in [0.29, 0.717) is 10.6 Å². The Morgan fingerprint density at radius 3 is 2.71 bits per heavy atom. The molecule has 0 aliphatic carbocycles. The van der Waals surface area contributed by atoms with Crippen LogP contribution in [0.1, 0.15) is 10.4 Å². The molecule has 0 saturated carbocycles. The van der Waals surface area contributed by atoms with Crippen LogP contribution in [0, 0.1) is 0 Å². The van der Waals surface area contributed by atoms with E-state index in [1.165, 1.54) is 6.08 Å². The average molecular weight is 210 g/mol. The van der Waals surface area contributed by atoms with Crippen LogP contribution in [-0.4, -0.2) is 24.8 Å². The maximum absolute atomic E-state index is 11.5. The Labute approximate surface area is 88.8 Å². The molecule has 0 bridgehead atoms. The van der Waals surface area contributed by atoms with E-state index in [0.717, 1.165) is 0 Å². The molecular weight excluding hydrogens is 198 g/mol. The third-order valence-corrected chi connectivity index (χ3v) is 1.87. The first-order valence-electron chi connectivity index (χ1n) is 4.24. The summed E-state index contributed by atoms with van der Waals surface area (Å²) in [4.78, 5) is 13.3. The average Bonchev–Trinajstić information content (AvgIpc) is 2.14. The van der Waals surface area contributed by atoms with Crippen LogP contribution in [0.4, 0.5) is 0 Å². The largest absolute Gasteiger partial charge is 0.383 e. The molecule has 74 valence electrons. The van der Waals surface area contributed by atoms with E-state index in [-0.39, 0.29) is 5.78 Å². The standard InChI is InChI=1S/C11H12ClNO/c1-13(2)7-6-11(14)9-4-3-5-10(12)8-9/h3-8H,1-2H3/b7-6-. The second-order valence-corrected chi connectivity index (χ2v) is 3.59. The summed E-state index contributed by atoms with van der Waals surface area (Å²) in [5, 5.41) is 0.578. The molecule has 0 aliphatic rings. The Balaban J connectivity index is 2.80. The van der Waals surface area contributed by atoms with Gasteiger partial charge in [-0.15, -0.1) is 0 Å². The lowest BCUT2D eigenvalue weighted by Crippen LogP contribution is -2.03. The third kappa shape index (κ3) is 3.23. The molecule has 0 aromatic heterocycles. The van der Waals surface area contributed by atoms with Gasteiger partial charge < -0.3 is 4.90 Å². The highest BCUT2D eigenvalue weighted by Crippen LogP contribution is 2.11. The van der Waals surface area contributed by atoms with Crippen molar-refractivity contribution in [2.45, 2.75) is 0 Å². The molecule has 0 spiro atoms. The summed E-state index contributed by atoms with van der Waals surface area (Å²) in [6.07, 6.45) is 3.23. The molecule has 0 aliphatic heterocycles. The molecule has 1 aromatic rings. The molecule has 14 heavy (non-hydrogen) atoms. The Hall–Kier alpha value is -1.28. The van der Waals surface area contributed by atoms with Crippen molar-refractivity contribution in [3.8, 4) is 0 Å². The molecule has 0 N–H and O–H groups in total. The van der Waals surface area contributed by atoms with E-state index in [4.69, 9.17) is 11.6 Å². The number of allylic oxidation sites excluding steroid dienone is 1. The van der Waals surface area contributed by atoms with Gasteiger partial charge in [0.1, 0.15) is 0 Å². The molecule has 0 heterocycles. The van der Waals surface area contributed by atoms with Gasteiger partial charge in [0.15, 0.2) is 5.78 Å². The van der Waals surface area contributed by atoms with Crippen molar-refractivity contribution in [3.63, 3.8) is 0 Å². The quantitative estimate of drug-likeness (QED) is 0.564. The number of benzene rings is 1. The van der Waals surface area contributed by atoms with Crippen LogP contribution >= 0.6 is 11.6 Å². The van der Waals surface area contributed by atoms with Crippen molar-refractivity contribution >= 4 is 17.4 Å². The van der Waals surface area contributed by atoms with Crippen molar-refractivity contribution in [1.82, 2.24) is 4.90 Å². The fourth-order valence-electron chi connectivity index (χ4n) is 0.955. The summed E-state index contributed by atoms with van der Waals surface area (Å²) >= 11 is 5.76. The molecule has 1 rings (SSSR count). The fourth-order valence-corrected chi connectivity index (χ4v) is 1.15. The molecule has 0 fully saturated rings. The molecule has 1 aromatic carbocycles. The van der Waals surface area contributed by atoms with Gasteiger partial charge in [-0.2, -0.15) is 0 Å². The first-order chi connectivity index (χ1) is 6.59. The van der Waals surface area contributed by atoms with Crippen molar-refractivity contribution < 1.29 is 4.79 Å². The second-order valence-electron chi connectivity index (χ2n) is 3.15. The molecular formula is C11H12ClNO. The lowest BCUT2D eigenvalue weighted by Gasteiger charge is -2.02. The number of hydrogen-bond donors (Lipinski definition) is 0. The van der Waals surface area contributed by atoms with E-state index in [1.54, 1.807) is 30.5 Å². The van der Waals surface area contributed by atoms with Crippen LogP contribution < -0.4 is 0 Å². The summed E-state index contributed by atoms with van der Waals surface area (Å²) in [6.45, 7) is 0. The van der Waals surface area contributed by atoms with E-state index in [1.807, 2.05) is 19.0 Å². The zero-order chi connectivity index (χ0) is 10.6. The Morgan fingerprint density at radius 1 is 1.43 bits per heavy atom. The highest BCUT2D eigenvalue weighted by molar-refractivity contribution is 6.31. The van der Waals surface area contributed by atoms with Crippen LogP contribution in [0.3, 0.4) is 0 Å². The van der Waals surface area contributed by atoms with Crippen LogP contribution in [-0.2, 0) is 0 Å². The monoisotopic (exact) mass is 209 g/mol. The van der Waals surface area contributed by atoms with Crippen LogP contribution in [0.15, 0.2) is 36.5 Å². The van der Waals surface area contributed by atoms with Gasteiger partial charge in [-0.3, -0.25) is 4.79 Å². The summed E-state index contributed by atoms with van der Waals surface area (Å²) in [5.41, 5.74) is 0.607. The minimum Gasteiger partial charge on any atom is -0.383 e. The molecule has 0 radical (unpaired) electrons. The number of ketones is 1. The minimum absolute atomic E-state index is 0.0406. The van der Waals surface area contributed by atoms with E-state index in [2.05, 4.69) is 0 Å². The van der Waals surface area contributed by atoms with Gasteiger partial charge in [-0.05, 0) is 12.1 Å². The number of carbonyl (C=O) groups is 1. The number of rotatable bonds is 3. The first-order valence-corrected chi connectivity index (χ1v) is 4.62. The predicted octanol–water partition coefficient (Wildman–Crippen LogP) is 2.60. The van der Waals surface area contributed by atoms with Crippen molar-refractivity contribution in [1.29, 1.82) is 0 Å². The molecule has 3 heteroatoms. The van der Waals surface area contributed by atoms with Gasteiger partial charge in [-0.25, -0.2) is 0 Å². The van der Waals surface area contributed by atoms with Gasteiger partial charge in [0, 0.05) is 37.0 Å². The van der Waals surface area contributed by atoms with Crippen LogP contribution in [0.5, 0.6) is 0 Å². The Bertz CT molecular complexity index is 358. The zero-order valence-corrected chi connectivity index (χ0v) is 8.95. The fraction of sp³-hybridized carbons (Fsp3) is 0.182. The van der Waals surface area contributed by atoms with E-state index < -0.39 is 0 Å². The Kier molecular flexibility index (Phi) is 3.72. The smallest absolute Gasteiger partial charge is 0.187 e. The predicted molar refractivity (Wildman–Crippen MR) is 58.6 cm³/mol. The second kappa shape index (κ2) is 4.82. The van der Waals surface area contributed by atoms with Crippen molar-refractivity contribution in [2.24, 2.45) is 0 Å². The summed E-state index contributed by atoms with van der Waals surface area (Å²) < 4.78 is 0. The molecule has 0 atom stereocenters. The van der Waals surface area contributed by atoms with Crippen LogP contribution in [0.2, 0.25) is 5.02 Å². The highest BCUT2D eigenvalue weighted by atomic mass is 35.5. The van der Waals surface area contributed by atoms with Crippen LogP contribution in [0.25, 0.3) is 0 Å². The number of nitrogens with zero attached hydrogens (tertiary/aromatic N) is 1. The molecule has 0 unspecified atom stereocenters. The summed E-state index contributed by atoms with van der Waals surface area (Å²) in [6, 6.07) is 6.91. The molecule has 0 saturated heterocycles. The Morgan fingerprint density at radius 2 is 2.14 bits per heavy atom. The van der Waals surface area contributed by atoms with Gasteiger partial charge in [0.05, 0.1) is 0 Å². The maximum atomic E-state index is 11.5. The van der Waals surface area contributed by atoms with Crippen molar-refractivity contribution in [3.05, 3.63) is 47.1 Å². The van der Waals surface area contributed by atoms with E-state index >= 15 is 0 Å². The topological polar surface area (TPSA) is 20.3 Å². The molecule has 0 amide bonds. The lowest BCUT2D eigenvalue weighted by atomic mass is 10.1. The van der Waals surface area contributed by atoms with Gasteiger partial charge in [-0.1, -0.05) is 23.7 Å². The van der Waals surface area contributed by atoms with E-state index in [9.17, 15) is 4.79 Å². The first kappa shape index (κ1) is 10.8. The maximum Gasteiger partial charge on any atom is 0.187 e. The number of carbonyl (C=O) groups excluding carboxylic acids is 1. The summed E-state index contributed by atoms with van der Waals surface area (Å²) in [5.74, 6) is -0.0406. The highest BCUT2D eigenvalue weighted by Gasteiger charge is 2.01. The summed E-state index contributed by atoms with van der Waals surface area (Å²) in [7, 11) is 3.73. The normalized spacial score (nSPS) is 10.5. The van der Waals surface area contributed by atoms with Crippen molar-refractivity contribution in [2.75, 3.05) is 14.1 Å². The van der Waals surface area contributed by atoms with Gasteiger partial charge in [0.2, 0.25) is 0 Å². The number of halogens is 1. The van der Waals surface area contributed by atoms with Gasteiger partial charge >= 0.3 is 0 Å². The molecule has 2 nitrogen and oxygen atoms in total. The third-order valence-electron chi connectivity index (χ3n) is 1.63. The van der Waals surface area contributed by atoms with Gasteiger partial charge in [0.25, 0.3) is 0 Å². The minimum atomic E-state index is -0.0406. The SMILES string of the molecule is CN(C)/C=C\C(=O)c1cccc(Cl)c1. The lowest BCUT2D eigenvalue weighted by molar-refractivity contribution is 0.104. The number of hydrogen-bond acceptors (Lipinski definition) is 2. The zero-order valence-electron chi connectivity index (χ0n) is 8.20.